The molecule has 0 bridgehead atoms. The number of methoxy groups -OCH3 is 1. The second kappa shape index (κ2) is 9.42. The van der Waals surface area contributed by atoms with Crippen LogP contribution in [0.4, 0.5) is 5.69 Å². The van der Waals surface area contributed by atoms with E-state index in [1.165, 1.54) is 25.4 Å². The normalized spacial score (nSPS) is 18.7. The summed E-state index contributed by atoms with van der Waals surface area (Å²) in [6, 6.07) is 6.12. The summed E-state index contributed by atoms with van der Waals surface area (Å²) in [5, 5.41) is 12.6. The third-order valence-corrected chi connectivity index (χ3v) is 6.38. The van der Waals surface area contributed by atoms with Crippen molar-refractivity contribution in [3.8, 4) is 6.07 Å². The van der Waals surface area contributed by atoms with Crippen LogP contribution in [0.5, 0.6) is 0 Å². The van der Waals surface area contributed by atoms with Gasteiger partial charge in [0.2, 0.25) is 0 Å². The van der Waals surface area contributed by atoms with Gasteiger partial charge in [0.15, 0.2) is 9.84 Å². The number of hydrogen-bond donors (Lipinski definition) is 1. The first-order chi connectivity index (χ1) is 12.8. The summed E-state index contributed by atoms with van der Waals surface area (Å²) >= 11 is 11.9. The number of sulfone groups is 1. The molecule has 1 saturated heterocycles. The maximum Gasteiger partial charge on any atom is 0.267 e. The van der Waals surface area contributed by atoms with Crippen LogP contribution in [0.25, 0.3) is 0 Å². The summed E-state index contributed by atoms with van der Waals surface area (Å²) in [6.45, 7) is 0.681. The number of nitrogens with zero attached hydrogens (tertiary/aromatic N) is 2. The zero-order valence-electron chi connectivity index (χ0n) is 14.6. The van der Waals surface area contributed by atoms with Crippen LogP contribution in [-0.4, -0.2) is 57.0 Å². The first-order valence-corrected chi connectivity index (χ1v) is 10.7. The first kappa shape index (κ1) is 21.5. The highest BCUT2D eigenvalue weighted by molar-refractivity contribution is 7.91. The van der Waals surface area contributed by atoms with E-state index in [0.717, 1.165) is 0 Å². The molecule has 1 aromatic rings. The molecule has 1 amide bonds. The lowest BCUT2D eigenvalue weighted by Crippen LogP contribution is -2.35. The van der Waals surface area contributed by atoms with Crippen LogP contribution in [0.15, 0.2) is 30.0 Å². The minimum Gasteiger partial charge on any atom is -0.383 e. The number of benzene rings is 1. The lowest BCUT2D eigenvalue weighted by atomic mass is 10.2. The summed E-state index contributed by atoms with van der Waals surface area (Å²) in [5.41, 5.74) is 0.105. The van der Waals surface area contributed by atoms with Crippen LogP contribution in [-0.2, 0) is 19.4 Å². The van der Waals surface area contributed by atoms with E-state index in [9.17, 15) is 18.5 Å². The van der Waals surface area contributed by atoms with Crippen LogP contribution in [0.1, 0.15) is 6.42 Å². The Morgan fingerprint density at radius 1 is 1.48 bits per heavy atom. The molecule has 10 heteroatoms. The minimum atomic E-state index is -3.11. The van der Waals surface area contributed by atoms with E-state index < -0.39 is 15.7 Å². The van der Waals surface area contributed by atoms with E-state index in [2.05, 4.69) is 5.32 Å². The van der Waals surface area contributed by atoms with Crippen molar-refractivity contribution in [3.05, 3.63) is 40.0 Å². The average Bonchev–Trinajstić information content (AvgIpc) is 2.98. The number of halogens is 2. The molecular formula is C17H19Cl2N3O4S. The molecule has 7 nitrogen and oxygen atoms in total. The number of hydrogen-bond acceptors (Lipinski definition) is 6. The van der Waals surface area contributed by atoms with Gasteiger partial charge in [-0.25, -0.2) is 8.42 Å². The molecule has 1 aliphatic rings. The molecule has 0 aromatic heterocycles. The maximum absolute atomic E-state index is 12.5. The van der Waals surface area contributed by atoms with E-state index in [1.807, 2.05) is 6.07 Å². The number of amides is 1. The largest absolute Gasteiger partial charge is 0.383 e. The van der Waals surface area contributed by atoms with Crippen molar-refractivity contribution in [3.63, 3.8) is 0 Å². The van der Waals surface area contributed by atoms with E-state index in [1.54, 1.807) is 11.0 Å². The molecule has 1 aromatic carbocycles. The maximum atomic E-state index is 12.5. The zero-order chi connectivity index (χ0) is 20.0. The zero-order valence-corrected chi connectivity index (χ0v) is 16.9. The van der Waals surface area contributed by atoms with Gasteiger partial charge in [0, 0.05) is 30.9 Å². The molecule has 0 aliphatic carbocycles. The van der Waals surface area contributed by atoms with Crippen molar-refractivity contribution in [2.75, 3.05) is 37.1 Å². The van der Waals surface area contributed by atoms with Crippen molar-refractivity contribution in [1.82, 2.24) is 4.90 Å². The SMILES string of the molecule is COCCN(/C=C(/C#N)C(=O)Nc1cc(Cl)ccc1Cl)C1CCS(=O)(=O)C1. The number of nitrogens with one attached hydrogen (secondary N) is 1. The quantitative estimate of drug-likeness (QED) is 0.525. The van der Waals surface area contributed by atoms with E-state index >= 15 is 0 Å². The molecule has 146 valence electrons. The topological polar surface area (TPSA) is 99.5 Å². The summed E-state index contributed by atoms with van der Waals surface area (Å²) in [4.78, 5) is 14.2. The Balaban J connectivity index is 2.22. The lowest BCUT2D eigenvalue weighted by molar-refractivity contribution is -0.112. The fourth-order valence-corrected chi connectivity index (χ4v) is 4.75. The van der Waals surface area contributed by atoms with Crippen LogP contribution in [0, 0.1) is 11.3 Å². The Hall–Kier alpha value is -1.79. The van der Waals surface area contributed by atoms with Gasteiger partial charge in [-0.15, -0.1) is 0 Å². The molecule has 1 heterocycles. The van der Waals surface area contributed by atoms with E-state index in [-0.39, 0.29) is 33.8 Å². The Bertz CT molecular complexity index is 881. The average molecular weight is 432 g/mol. The van der Waals surface area contributed by atoms with Crippen LogP contribution in [0.3, 0.4) is 0 Å². The van der Waals surface area contributed by atoms with Gasteiger partial charge < -0.3 is 15.0 Å². The van der Waals surface area contributed by atoms with E-state index in [4.69, 9.17) is 27.9 Å². The fourth-order valence-electron chi connectivity index (χ4n) is 2.67. The van der Waals surface area contributed by atoms with Gasteiger partial charge in [-0.3, -0.25) is 4.79 Å². The predicted octanol–water partition coefficient (Wildman–Crippen LogP) is 2.47. The standard InChI is InChI=1S/C17H19Cl2N3O4S/c1-26-6-5-22(14-4-7-27(24,25)11-14)10-12(9-20)17(23)21-16-8-13(18)2-3-15(16)19/h2-3,8,10,14H,4-7,11H2,1H3,(H,21,23)/b12-10-. The highest BCUT2D eigenvalue weighted by Gasteiger charge is 2.31. The Kier molecular flexibility index (Phi) is 7.50. The van der Waals surface area contributed by atoms with Crippen LogP contribution >= 0.6 is 23.2 Å². The van der Waals surface area contributed by atoms with Crippen molar-refractivity contribution < 1.29 is 17.9 Å². The monoisotopic (exact) mass is 431 g/mol. The third kappa shape index (κ3) is 6.11. The predicted molar refractivity (Wildman–Crippen MR) is 104 cm³/mol. The number of ether oxygens (including phenoxy) is 1. The van der Waals surface area contributed by atoms with Gasteiger partial charge in [-0.05, 0) is 24.6 Å². The van der Waals surface area contributed by atoms with Crippen molar-refractivity contribution in [2.24, 2.45) is 0 Å². The molecule has 0 spiro atoms. The number of nitriles is 1. The minimum absolute atomic E-state index is 0.0202. The molecule has 1 aliphatic heterocycles. The fraction of sp³-hybridized carbons (Fsp3) is 0.412. The molecule has 0 saturated carbocycles. The number of carbonyl (C=O) groups excluding carboxylic acids is 1. The van der Waals surface area contributed by atoms with E-state index in [0.29, 0.717) is 24.6 Å². The lowest BCUT2D eigenvalue weighted by Gasteiger charge is -2.26. The molecular weight excluding hydrogens is 413 g/mol. The third-order valence-electron chi connectivity index (χ3n) is 4.07. The molecule has 27 heavy (non-hydrogen) atoms. The van der Waals surface area contributed by atoms with Gasteiger partial charge in [-0.1, -0.05) is 23.2 Å². The second-order valence-electron chi connectivity index (χ2n) is 6.02. The Morgan fingerprint density at radius 2 is 2.22 bits per heavy atom. The number of anilines is 1. The van der Waals surface area contributed by atoms with Gasteiger partial charge >= 0.3 is 0 Å². The molecule has 0 radical (unpaired) electrons. The molecule has 1 atom stereocenters. The van der Waals surface area contributed by atoms with Crippen LogP contribution < -0.4 is 5.32 Å². The molecule has 1 fully saturated rings. The number of rotatable bonds is 7. The van der Waals surface area contributed by atoms with Gasteiger partial charge in [0.1, 0.15) is 11.6 Å². The molecule has 1 N–H and O–H groups in total. The summed E-state index contributed by atoms with van der Waals surface area (Å²) in [7, 11) is -1.59. The second-order valence-corrected chi connectivity index (χ2v) is 9.09. The highest BCUT2D eigenvalue weighted by atomic mass is 35.5. The van der Waals surface area contributed by atoms with Gasteiger partial charge in [0.25, 0.3) is 5.91 Å². The smallest absolute Gasteiger partial charge is 0.267 e. The number of carbonyl (C=O) groups is 1. The molecule has 1 unspecified atom stereocenters. The highest BCUT2D eigenvalue weighted by Crippen LogP contribution is 2.26. The van der Waals surface area contributed by atoms with Crippen LogP contribution in [0.2, 0.25) is 10.0 Å². The van der Waals surface area contributed by atoms with Gasteiger partial charge in [-0.2, -0.15) is 5.26 Å². The van der Waals surface area contributed by atoms with Gasteiger partial charge in [0.05, 0.1) is 28.8 Å². The summed E-state index contributed by atoms with van der Waals surface area (Å²) in [5.74, 6) is -0.598. The summed E-state index contributed by atoms with van der Waals surface area (Å²) in [6.07, 6.45) is 1.81. The van der Waals surface area contributed by atoms with Crippen molar-refractivity contribution in [1.29, 1.82) is 5.26 Å². The molecule has 2 rings (SSSR count). The first-order valence-electron chi connectivity index (χ1n) is 8.09. The Labute approximate surface area is 168 Å². The Morgan fingerprint density at radius 3 is 2.81 bits per heavy atom. The van der Waals surface area contributed by atoms with Crippen molar-refractivity contribution in [2.45, 2.75) is 12.5 Å². The van der Waals surface area contributed by atoms with Crippen molar-refractivity contribution >= 4 is 44.6 Å². The summed E-state index contributed by atoms with van der Waals surface area (Å²) < 4.78 is 28.6.